The zero-order valence-electron chi connectivity index (χ0n) is 15.8. The summed E-state index contributed by atoms with van der Waals surface area (Å²) >= 11 is 18.5. The standard InChI is InChI=1S/C18H17Cl3N2O6S/c1-10-8-22(9-11(2)28-10)30(26,27)13-6-15(20)18(16(21)7-13)29-17-4-3-12(23(24)25)5-14(17)19/h3-7,10-11H,8-9H2,1-2H3/t10-,11-/m1/s1. The maximum atomic E-state index is 13.0. The third-order valence-electron chi connectivity index (χ3n) is 4.33. The van der Waals surface area contributed by atoms with E-state index in [9.17, 15) is 18.5 Å². The molecule has 30 heavy (non-hydrogen) atoms. The highest BCUT2D eigenvalue weighted by atomic mass is 35.5. The molecule has 0 spiro atoms. The number of hydrogen-bond acceptors (Lipinski definition) is 6. The summed E-state index contributed by atoms with van der Waals surface area (Å²) in [5.41, 5.74) is -0.208. The van der Waals surface area contributed by atoms with Crippen LogP contribution < -0.4 is 4.74 Å². The summed E-state index contributed by atoms with van der Waals surface area (Å²) in [6.07, 6.45) is -0.497. The van der Waals surface area contributed by atoms with E-state index in [0.29, 0.717) is 0 Å². The minimum absolute atomic E-state index is 0.0169. The Morgan fingerprint density at radius 1 is 1.07 bits per heavy atom. The van der Waals surface area contributed by atoms with Crippen LogP contribution in [0.15, 0.2) is 35.2 Å². The summed E-state index contributed by atoms with van der Waals surface area (Å²) < 4.78 is 38.6. The molecular weight excluding hydrogens is 479 g/mol. The monoisotopic (exact) mass is 494 g/mol. The van der Waals surface area contributed by atoms with Crippen LogP contribution in [-0.2, 0) is 14.8 Å². The Morgan fingerprint density at radius 2 is 1.63 bits per heavy atom. The van der Waals surface area contributed by atoms with Gasteiger partial charge in [-0.25, -0.2) is 8.42 Å². The van der Waals surface area contributed by atoms with E-state index in [1.54, 1.807) is 13.8 Å². The molecule has 8 nitrogen and oxygen atoms in total. The van der Waals surface area contributed by atoms with Crippen molar-refractivity contribution in [2.75, 3.05) is 13.1 Å². The van der Waals surface area contributed by atoms with Gasteiger partial charge in [0.1, 0.15) is 5.75 Å². The molecular formula is C18H17Cl3N2O6S. The SMILES string of the molecule is C[C@@H]1CN(S(=O)(=O)c2cc(Cl)c(Oc3ccc([N+](=O)[O-])cc3Cl)c(Cl)c2)C[C@@H](C)O1. The molecule has 0 unspecified atom stereocenters. The fourth-order valence-electron chi connectivity index (χ4n) is 3.06. The van der Waals surface area contributed by atoms with Gasteiger partial charge in [0, 0.05) is 25.2 Å². The first-order valence-electron chi connectivity index (χ1n) is 8.75. The first kappa shape index (κ1) is 23.1. The maximum absolute atomic E-state index is 13.0. The van der Waals surface area contributed by atoms with Crippen molar-refractivity contribution >= 4 is 50.5 Å². The number of non-ortho nitro benzene ring substituents is 1. The largest absolute Gasteiger partial charge is 0.453 e. The van der Waals surface area contributed by atoms with Crippen LogP contribution in [-0.4, -0.2) is 42.9 Å². The molecule has 162 valence electrons. The van der Waals surface area contributed by atoms with E-state index in [1.807, 2.05) is 0 Å². The third kappa shape index (κ3) is 4.82. The number of sulfonamides is 1. The van der Waals surface area contributed by atoms with Crippen LogP contribution in [0.4, 0.5) is 5.69 Å². The topological polar surface area (TPSA) is 99.0 Å². The summed E-state index contributed by atoms with van der Waals surface area (Å²) in [7, 11) is -3.86. The van der Waals surface area contributed by atoms with Gasteiger partial charge < -0.3 is 9.47 Å². The number of hydrogen-bond donors (Lipinski definition) is 0. The van der Waals surface area contributed by atoms with Crippen molar-refractivity contribution in [2.24, 2.45) is 0 Å². The minimum atomic E-state index is -3.86. The molecule has 2 aromatic rings. The molecule has 0 radical (unpaired) electrons. The Kier molecular flexibility index (Phi) is 6.81. The van der Waals surface area contributed by atoms with Crippen molar-refractivity contribution < 1.29 is 22.8 Å². The van der Waals surface area contributed by atoms with Crippen LogP contribution in [0.3, 0.4) is 0 Å². The molecule has 2 atom stereocenters. The van der Waals surface area contributed by atoms with Gasteiger partial charge in [-0.3, -0.25) is 10.1 Å². The minimum Gasteiger partial charge on any atom is -0.453 e. The van der Waals surface area contributed by atoms with Gasteiger partial charge in [-0.1, -0.05) is 34.8 Å². The van der Waals surface area contributed by atoms with Gasteiger partial charge in [0.05, 0.1) is 37.1 Å². The van der Waals surface area contributed by atoms with Crippen molar-refractivity contribution in [3.63, 3.8) is 0 Å². The van der Waals surface area contributed by atoms with Gasteiger partial charge in [0.2, 0.25) is 10.0 Å². The summed E-state index contributed by atoms with van der Waals surface area (Å²) in [4.78, 5) is 10.2. The number of morpholine rings is 1. The van der Waals surface area contributed by atoms with Crippen molar-refractivity contribution in [1.29, 1.82) is 0 Å². The maximum Gasteiger partial charge on any atom is 0.271 e. The lowest BCUT2D eigenvalue weighted by Crippen LogP contribution is -2.48. The van der Waals surface area contributed by atoms with E-state index >= 15 is 0 Å². The average molecular weight is 496 g/mol. The first-order valence-corrected chi connectivity index (χ1v) is 11.3. The van der Waals surface area contributed by atoms with Crippen LogP contribution in [0.25, 0.3) is 0 Å². The number of nitro groups is 1. The Labute approximate surface area is 188 Å². The van der Waals surface area contributed by atoms with E-state index in [0.717, 1.165) is 6.07 Å². The zero-order chi connectivity index (χ0) is 22.2. The lowest BCUT2D eigenvalue weighted by molar-refractivity contribution is -0.384. The molecule has 0 saturated carbocycles. The molecule has 1 heterocycles. The van der Waals surface area contributed by atoms with Crippen LogP contribution >= 0.6 is 34.8 Å². The highest BCUT2D eigenvalue weighted by Crippen LogP contribution is 2.41. The molecule has 2 aromatic carbocycles. The molecule has 1 saturated heterocycles. The second-order valence-electron chi connectivity index (χ2n) is 6.77. The summed E-state index contributed by atoms with van der Waals surface area (Å²) in [5, 5.41) is 10.7. The lowest BCUT2D eigenvalue weighted by Gasteiger charge is -2.34. The summed E-state index contributed by atoms with van der Waals surface area (Å²) in [6.45, 7) is 4.00. The van der Waals surface area contributed by atoms with E-state index in [-0.39, 0.29) is 62.4 Å². The van der Waals surface area contributed by atoms with Crippen molar-refractivity contribution in [3.05, 3.63) is 55.5 Å². The molecule has 0 aliphatic carbocycles. The fraction of sp³-hybridized carbons (Fsp3) is 0.333. The highest BCUT2D eigenvalue weighted by molar-refractivity contribution is 7.89. The van der Waals surface area contributed by atoms with Crippen molar-refractivity contribution in [2.45, 2.75) is 31.0 Å². The van der Waals surface area contributed by atoms with Gasteiger partial charge in [0.15, 0.2) is 5.75 Å². The van der Waals surface area contributed by atoms with E-state index in [2.05, 4.69) is 0 Å². The molecule has 0 bridgehead atoms. The number of nitro benzene ring substituents is 1. The van der Waals surface area contributed by atoms with E-state index < -0.39 is 14.9 Å². The van der Waals surface area contributed by atoms with Gasteiger partial charge in [-0.05, 0) is 32.0 Å². The number of rotatable bonds is 5. The van der Waals surface area contributed by atoms with Gasteiger partial charge in [-0.2, -0.15) is 4.31 Å². The second kappa shape index (κ2) is 8.86. The molecule has 0 amide bonds. The van der Waals surface area contributed by atoms with Crippen LogP contribution in [0.5, 0.6) is 11.5 Å². The molecule has 12 heteroatoms. The quantitative estimate of drug-likeness (QED) is 0.420. The molecule has 0 N–H and O–H groups in total. The van der Waals surface area contributed by atoms with Crippen molar-refractivity contribution in [3.8, 4) is 11.5 Å². The van der Waals surface area contributed by atoms with Crippen LogP contribution in [0.2, 0.25) is 15.1 Å². The zero-order valence-corrected chi connectivity index (χ0v) is 18.9. The Hall–Kier alpha value is -1.62. The Morgan fingerprint density at radius 3 is 2.13 bits per heavy atom. The lowest BCUT2D eigenvalue weighted by atomic mass is 10.3. The predicted molar refractivity (Wildman–Crippen MR) is 113 cm³/mol. The molecule has 1 aliphatic heterocycles. The average Bonchev–Trinajstić information content (AvgIpc) is 2.64. The smallest absolute Gasteiger partial charge is 0.271 e. The summed E-state index contributed by atoms with van der Waals surface area (Å²) in [5.74, 6) is 0.0641. The molecule has 1 aliphatic rings. The highest BCUT2D eigenvalue weighted by Gasteiger charge is 2.33. The Bertz CT molecular complexity index is 1060. The van der Waals surface area contributed by atoms with Crippen molar-refractivity contribution in [1.82, 2.24) is 4.31 Å². The third-order valence-corrected chi connectivity index (χ3v) is 7.00. The fourth-order valence-corrected chi connectivity index (χ4v) is 5.61. The van der Waals surface area contributed by atoms with Gasteiger partial charge >= 0.3 is 0 Å². The Balaban J connectivity index is 1.91. The first-order chi connectivity index (χ1) is 14.0. The number of benzene rings is 2. The van der Waals surface area contributed by atoms with Crippen LogP contribution in [0, 0.1) is 10.1 Å². The molecule has 3 rings (SSSR count). The van der Waals surface area contributed by atoms with E-state index in [4.69, 9.17) is 44.3 Å². The molecule has 1 fully saturated rings. The summed E-state index contributed by atoms with van der Waals surface area (Å²) in [6, 6.07) is 6.11. The number of nitrogens with zero attached hydrogens (tertiary/aromatic N) is 2. The van der Waals surface area contributed by atoms with Gasteiger partial charge in [-0.15, -0.1) is 0 Å². The second-order valence-corrected chi connectivity index (χ2v) is 9.93. The normalized spacial score (nSPS) is 20.2. The number of ether oxygens (including phenoxy) is 2. The van der Waals surface area contributed by atoms with Gasteiger partial charge in [0.25, 0.3) is 5.69 Å². The predicted octanol–water partition coefficient (Wildman–Crippen LogP) is 5.15. The number of halogens is 3. The molecule has 0 aromatic heterocycles. The van der Waals surface area contributed by atoms with Crippen LogP contribution in [0.1, 0.15) is 13.8 Å². The van der Waals surface area contributed by atoms with E-state index in [1.165, 1.54) is 28.6 Å².